The minimum Gasteiger partial charge on any atom is -0.258 e. The van der Waals surface area contributed by atoms with Crippen molar-refractivity contribution in [2.24, 2.45) is 5.92 Å². The van der Waals surface area contributed by atoms with Crippen LogP contribution < -0.4 is 0 Å². The van der Waals surface area contributed by atoms with E-state index in [-0.39, 0.29) is 10.6 Å². The van der Waals surface area contributed by atoms with Crippen LogP contribution in [0, 0.1) is 16.0 Å². The Morgan fingerprint density at radius 3 is 2.57 bits per heavy atom. The molecule has 0 amide bonds. The number of non-ortho nitro benzene ring substituents is 1. The fourth-order valence-corrected chi connectivity index (χ4v) is 4.47. The van der Waals surface area contributed by atoms with Crippen LogP contribution >= 0.6 is 0 Å². The second-order valence-electron chi connectivity index (χ2n) is 7.75. The molecule has 5 rings (SSSR count). The zero-order valence-electron chi connectivity index (χ0n) is 15.7. The Labute approximate surface area is 163 Å². The lowest BCUT2D eigenvalue weighted by molar-refractivity contribution is -0.384. The predicted octanol–water partition coefficient (Wildman–Crippen LogP) is 6.09. The van der Waals surface area contributed by atoms with Gasteiger partial charge in [0.05, 0.1) is 16.1 Å². The van der Waals surface area contributed by atoms with E-state index in [1.54, 1.807) is 12.1 Å². The fraction of sp³-hybridized carbons (Fsp3) is 0.208. The van der Waals surface area contributed by atoms with Gasteiger partial charge in [-0.3, -0.25) is 10.1 Å². The molecule has 0 bridgehead atoms. The van der Waals surface area contributed by atoms with Gasteiger partial charge in [0.25, 0.3) is 5.69 Å². The summed E-state index contributed by atoms with van der Waals surface area (Å²) in [6.45, 7) is 2.31. The van der Waals surface area contributed by atoms with Crippen LogP contribution in [-0.2, 0) is 12.8 Å². The zero-order valence-corrected chi connectivity index (χ0v) is 15.7. The van der Waals surface area contributed by atoms with E-state index in [0.717, 1.165) is 36.0 Å². The number of nitro groups is 1. The Morgan fingerprint density at radius 2 is 1.79 bits per heavy atom. The van der Waals surface area contributed by atoms with Crippen molar-refractivity contribution in [3.63, 3.8) is 0 Å². The molecule has 0 aliphatic heterocycles. The van der Waals surface area contributed by atoms with E-state index in [9.17, 15) is 10.1 Å². The maximum absolute atomic E-state index is 11.0. The van der Waals surface area contributed by atoms with E-state index in [1.807, 2.05) is 12.1 Å². The number of nitro benzene ring substituents is 1. The van der Waals surface area contributed by atoms with Crippen molar-refractivity contribution in [2.45, 2.75) is 26.2 Å². The molecular weight excluding hydrogens is 348 g/mol. The van der Waals surface area contributed by atoms with Gasteiger partial charge in [-0.1, -0.05) is 37.3 Å². The number of hydrogen-bond acceptors (Lipinski definition) is 3. The molecule has 0 spiro atoms. The molecule has 1 heterocycles. The topological polar surface area (TPSA) is 56.0 Å². The van der Waals surface area contributed by atoms with Crippen molar-refractivity contribution in [1.82, 2.24) is 4.98 Å². The van der Waals surface area contributed by atoms with Crippen molar-refractivity contribution >= 4 is 27.4 Å². The number of hydrogen-bond donors (Lipinski definition) is 0. The molecule has 0 fully saturated rings. The molecule has 1 aliphatic carbocycles. The van der Waals surface area contributed by atoms with Gasteiger partial charge in [-0.15, -0.1) is 0 Å². The fourth-order valence-electron chi connectivity index (χ4n) is 4.47. The largest absolute Gasteiger partial charge is 0.269 e. The van der Waals surface area contributed by atoms with Crippen molar-refractivity contribution in [1.29, 1.82) is 0 Å². The second-order valence-corrected chi connectivity index (χ2v) is 7.75. The minimum absolute atomic E-state index is 0.109. The SMILES string of the molecule is C[C@H]1CCc2c(-c3ccc([N+](=O)[O-])cc3)nc3ccc4ccccc4c3c2C1. The molecule has 0 radical (unpaired) electrons. The van der Waals surface area contributed by atoms with E-state index < -0.39 is 0 Å². The summed E-state index contributed by atoms with van der Waals surface area (Å²) in [6, 6.07) is 19.5. The molecule has 0 unspecified atom stereocenters. The summed E-state index contributed by atoms with van der Waals surface area (Å²) in [6.07, 6.45) is 3.18. The Balaban J connectivity index is 1.81. The molecule has 4 aromatic rings. The lowest BCUT2D eigenvalue weighted by Crippen LogP contribution is -2.14. The molecule has 4 heteroatoms. The van der Waals surface area contributed by atoms with Gasteiger partial charge in [-0.05, 0) is 65.3 Å². The molecule has 0 N–H and O–H groups in total. The molecule has 138 valence electrons. The van der Waals surface area contributed by atoms with Crippen molar-refractivity contribution in [3.05, 3.63) is 81.9 Å². The van der Waals surface area contributed by atoms with Crippen LogP contribution in [0.2, 0.25) is 0 Å². The first-order valence-electron chi connectivity index (χ1n) is 9.70. The third-order valence-corrected chi connectivity index (χ3v) is 5.88. The summed E-state index contributed by atoms with van der Waals surface area (Å²) in [5.41, 5.74) is 5.73. The van der Waals surface area contributed by atoms with Crippen molar-refractivity contribution in [3.8, 4) is 11.3 Å². The molecule has 3 aromatic carbocycles. The standard InChI is InChI=1S/C24H20N2O2/c1-15-6-12-20-21(14-15)23-19-5-3-2-4-16(19)9-13-22(23)25-24(20)17-7-10-18(11-8-17)26(27)28/h2-5,7-11,13,15H,6,12,14H2,1H3/t15-/m0/s1. The summed E-state index contributed by atoms with van der Waals surface area (Å²) in [5, 5.41) is 14.8. The summed E-state index contributed by atoms with van der Waals surface area (Å²) < 4.78 is 0. The summed E-state index contributed by atoms with van der Waals surface area (Å²) >= 11 is 0. The first-order valence-corrected chi connectivity index (χ1v) is 9.70. The molecule has 28 heavy (non-hydrogen) atoms. The van der Waals surface area contributed by atoms with E-state index in [1.165, 1.54) is 27.3 Å². The molecule has 1 aromatic heterocycles. The van der Waals surface area contributed by atoms with Gasteiger partial charge in [0.15, 0.2) is 0 Å². The molecule has 0 saturated heterocycles. The average molecular weight is 368 g/mol. The van der Waals surface area contributed by atoms with Gasteiger partial charge in [0, 0.05) is 23.1 Å². The van der Waals surface area contributed by atoms with Crippen LogP contribution in [0.25, 0.3) is 32.9 Å². The monoisotopic (exact) mass is 368 g/mol. The Bertz CT molecular complexity index is 1230. The first kappa shape index (κ1) is 16.9. The van der Waals surface area contributed by atoms with Crippen LogP contribution in [0.5, 0.6) is 0 Å². The van der Waals surface area contributed by atoms with Crippen LogP contribution in [0.15, 0.2) is 60.7 Å². The van der Waals surface area contributed by atoms with E-state index in [2.05, 4.69) is 43.3 Å². The third kappa shape index (κ3) is 2.64. The Kier molecular flexibility index (Phi) is 3.86. The normalized spacial score (nSPS) is 16.2. The lowest BCUT2D eigenvalue weighted by Gasteiger charge is -2.26. The Hall–Kier alpha value is -3.27. The maximum atomic E-state index is 11.0. The maximum Gasteiger partial charge on any atom is 0.269 e. The highest BCUT2D eigenvalue weighted by molar-refractivity contribution is 6.09. The highest BCUT2D eigenvalue weighted by atomic mass is 16.6. The van der Waals surface area contributed by atoms with Gasteiger partial charge < -0.3 is 0 Å². The van der Waals surface area contributed by atoms with Crippen LogP contribution in [-0.4, -0.2) is 9.91 Å². The highest BCUT2D eigenvalue weighted by Crippen LogP contribution is 2.39. The van der Waals surface area contributed by atoms with Crippen LogP contribution in [0.3, 0.4) is 0 Å². The third-order valence-electron chi connectivity index (χ3n) is 5.88. The van der Waals surface area contributed by atoms with Crippen LogP contribution in [0.1, 0.15) is 24.5 Å². The van der Waals surface area contributed by atoms with Gasteiger partial charge in [-0.25, -0.2) is 4.98 Å². The van der Waals surface area contributed by atoms with E-state index in [4.69, 9.17) is 4.98 Å². The number of benzene rings is 3. The second kappa shape index (κ2) is 6.41. The Morgan fingerprint density at radius 1 is 1.00 bits per heavy atom. The molecule has 1 atom stereocenters. The van der Waals surface area contributed by atoms with Gasteiger partial charge in [0.1, 0.15) is 0 Å². The van der Waals surface area contributed by atoms with Gasteiger partial charge >= 0.3 is 0 Å². The molecule has 4 nitrogen and oxygen atoms in total. The summed E-state index contributed by atoms with van der Waals surface area (Å²) in [7, 11) is 0. The lowest BCUT2D eigenvalue weighted by atomic mass is 9.80. The predicted molar refractivity (Wildman–Crippen MR) is 113 cm³/mol. The van der Waals surface area contributed by atoms with Crippen molar-refractivity contribution < 1.29 is 4.92 Å². The number of aromatic nitrogens is 1. The highest BCUT2D eigenvalue weighted by Gasteiger charge is 2.24. The quantitative estimate of drug-likeness (QED) is 0.244. The van der Waals surface area contributed by atoms with E-state index >= 15 is 0 Å². The van der Waals surface area contributed by atoms with Crippen LogP contribution in [0.4, 0.5) is 5.69 Å². The number of fused-ring (bicyclic) bond motifs is 5. The van der Waals surface area contributed by atoms with Crippen molar-refractivity contribution in [2.75, 3.05) is 0 Å². The molecular formula is C24H20N2O2. The molecule has 1 aliphatic rings. The number of nitrogens with zero attached hydrogens (tertiary/aromatic N) is 2. The number of pyridine rings is 1. The molecule has 0 saturated carbocycles. The number of rotatable bonds is 2. The smallest absolute Gasteiger partial charge is 0.258 e. The summed E-state index contributed by atoms with van der Waals surface area (Å²) in [5.74, 6) is 0.641. The average Bonchev–Trinajstić information content (AvgIpc) is 2.72. The first-order chi connectivity index (χ1) is 13.6. The summed E-state index contributed by atoms with van der Waals surface area (Å²) in [4.78, 5) is 15.7. The minimum atomic E-state index is -0.360. The van der Waals surface area contributed by atoms with E-state index in [0.29, 0.717) is 5.92 Å². The van der Waals surface area contributed by atoms with Gasteiger partial charge in [-0.2, -0.15) is 0 Å². The van der Waals surface area contributed by atoms with Gasteiger partial charge in [0.2, 0.25) is 0 Å². The zero-order chi connectivity index (χ0) is 19.3.